The van der Waals surface area contributed by atoms with Gasteiger partial charge in [0.2, 0.25) is 0 Å². The summed E-state index contributed by atoms with van der Waals surface area (Å²) in [5.74, 6) is -0.00475. The van der Waals surface area contributed by atoms with Crippen LogP contribution >= 0.6 is 39.1 Å². The Morgan fingerprint density at radius 2 is 1.67 bits per heavy atom. The Morgan fingerprint density at radius 3 is 2.08 bits per heavy atom. The molecule has 1 rings (SSSR count). The molecule has 0 unspecified atom stereocenters. The van der Waals surface area contributed by atoms with E-state index in [0.29, 0.717) is 9.50 Å². The zero-order chi connectivity index (χ0) is 9.72. The van der Waals surface area contributed by atoms with Crippen LogP contribution in [-0.2, 0) is 0 Å². The van der Waals surface area contributed by atoms with Crippen molar-refractivity contribution in [2.45, 2.75) is 13.8 Å². The molecule has 0 aliphatic heterocycles. The van der Waals surface area contributed by atoms with Crippen molar-refractivity contribution in [3.8, 4) is 5.75 Å². The maximum Gasteiger partial charge on any atom is 0.135 e. The van der Waals surface area contributed by atoms with E-state index in [2.05, 4.69) is 15.9 Å². The summed E-state index contributed by atoms with van der Waals surface area (Å²) in [6.07, 6.45) is 0. The van der Waals surface area contributed by atoms with Gasteiger partial charge in [0, 0.05) is 10.5 Å². The maximum atomic E-state index is 8.99. The molecule has 0 aliphatic carbocycles. The molecule has 4 heteroatoms. The van der Waals surface area contributed by atoms with E-state index in [-0.39, 0.29) is 10.8 Å². The summed E-state index contributed by atoms with van der Waals surface area (Å²) in [6, 6.07) is 2.92. The monoisotopic (exact) mass is 270 g/mol. The SMILES string of the molecule is CC.Oc1cc(Cl)c(Br)cc1Cl. The summed E-state index contributed by atoms with van der Waals surface area (Å²) < 4.78 is 0.678. The second-order valence-electron chi connectivity index (χ2n) is 1.72. The molecule has 68 valence electrons. The smallest absolute Gasteiger partial charge is 0.135 e. The fourth-order valence-corrected chi connectivity index (χ4v) is 1.31. The molecule has 0 atom stereocenters. The van der Waals surface area contributed by atoms with Crippen LogP contribution < -0.4 is 0 Å². The van der Waals surface area contributed by atoms with Gasteiger partial charge in [-0.15, -0.1) is 0 Å². The highest BCUT2D eigenvalue weighted by molar-refractivity contribution is 9.10. The number of benzene rings is 1. The third-order valence-electron chi connectivity index (χ3n) is 0.990. The fourth-order valence-electron chi connectivity index (χ4n) is 0.512. The Morgan fingerprint density at radius 1 is 1.17 bits per heavy atom. The van der Waals surface area contributed by atoms with Gasteiger partial charge < -0.3 is 5.11 Å². The van der Waals surface area contributed by atoms with Crippen LogP contribution in [0.4, 0.5) is 0 Å². The third-order valence-corrected chi connectivity index (χ3v) is 2.49. The predicted octanol–water partition coefficient (Wildman–Crippen LogP) is 4.49. The van der Waals surface area contributed by atoms with Crippen molar-refractivity contribution < 1.29 is 5.11 Å². The van der Waals surface area contributed by atoms with Crippen molar-refractivity contribution in [2.24, 2.45) is 0 Å². The molecule has 0 amide bonds. The Hall–Kier alpha value is 0.0800. The van der Waals surface area contributed by atoms with Gasteiger partial charge >= 0.3 is 0 Å². The van der Waals surface area contributed by atoms with Gasteiger partial charge in [-0.3, -0.25) is 0 Å². The molecule has 0 aliphatic rings. The molecule has 12 heavy (non-hydrogen) atoms. The van der Waals surface area contributed by atoms with E-state index in [4.69, 9.17) is 28.3 Å². The van der Waals surface area contributed by atoms with Gasteiger partial charge in [-0.2, -0.15) is 0 Å². The number of phenolic OH excluding ortho intramolecular Hbond substituents is 1. The summed E-state index contributed by atoms with van der Waals surface area (Å²) >= 11 is 14.3. The Balaban J connectivity index is 0.000000561. The van der Waals surface area contributed by atoms with Crippen LogP contribution in [0.1, 0.15) is 13.8 Å². The van der Waals surface area contributed by atoms with Gasteiger partial charge in [-0.25, -0.2) is 0 Å². The third kappa shape index (κ3) is 3.21. The van der Waals surface area contributed by atoms with E-state index in [0.717, 1.165) is 0 Å². The average molecular weight is 272 g/mol. The highest BCUT2D eigenvalue weighted by Crippen LogP contribution is 2.32. The number of aromatic hydroxyl groups is 1. The summed E-state index contributed by atoms with van der Waals surface area (Å²) in [5, 5.41) is 9.72. The second-order valence-corrected chi connectivity index (χ2v) is 3.39. The number of phenols is 1. The minimum absolute atomic E-state index is 0.00475. The van der Waals surface area contributed by atoms with E-state index in [1.807, 2.05) is 13.8 Å². The zero-order valence-corrected chi connectivity index (χ0v) is 9.83. The van der Waals surface area contributed by atoms with Crippen molar-refractivity contribution in [1.82, 2.24) is 0 Å². The maximum absolute atomic E-state index is 8.99. The highest BCUT2D eigenvalue weighted by Gasteiger charge is 2.02. The lowest BCUT2D eigenvalue weighted by atomic mass is 10.3. The second kappa shape index (κ2) is 5.68. The molecule has 0 saturated carbocycles. The van der Waals surface area contributed by atoms with Crippen LogP contribution in [0.5, 0.6) is 5.75 Å². The molecule has 0 heterocycles. The average Bonchev–Trinajstić information content (AvgIpc) is 2.05. The van der Waals surface area contributed by atoms with E-state index < -0.39 is 0 Å². The molecule has 1 aromatic carbocycles. The number of hydrogen-bond donors (Lipinski definition) is 1. The quantitative estimate of drug-likeness (QED) is 0.690. The van der Waals surface area contributed by atoms with E-state index in [9.17, 15) is 0 Å². The van der Waals surface area contributed by atoms with Crippen molar-refractivity contribution in [3.63, 3.8) is 0 Å². The van der Waals surface area contributed by atoms with Crippen LogP contribution in [0, 0.1) is 0 Å². The standard InChI is InChI=1S/C6H3BrCl2O.C2H6/c7-3-1-5(9)6(10)2-4(3)8;1-2/h1-2,10H;1-2H3. The molecular formula is C8H9BrCl2O. The first kappa shape index (κ1) is 12.1. The van der Waals surface area contributed by atoms with Crippen LogP contribution in [0.25, 0.3) is 0 Å². The largest absolute Gasteiger partial charge is 0.506 e. The number of halogens is 3. The Labute approximate surface area is 90.4 Å². The lowest BCUT2D eigenvalue weighted by molar-refractivity contribution is 0.475. The van der Waals surface area contributed by atoms with Gasteiger partial charge in [-0.05, 0) is 22.0 Å². The summed E-state index contributed by atoms with van der Waals surface area (Å²) in [7, 11) is 0. The van der Waals surface area contributed by atoms with E-state index in [1.165, 1.54) is 6.07 Å². The molecule has 0 radical (unpaired) electrons. The van der Waals surface area contributed by atoms with Crippen molar-refractivity contribution >= 4 is 39.1 Å². The van der Waals surface area contributed by atoms with Crippen LogP contribution in [0.2, 0.25) is 10.0 Å². The van der Waals surface area contributed by atoms with Gasteiger partial charge in [-0.1, -0.05) is 37.0 Å². The van der Waals surface area contributed by atoms with Gasteiger partial charge in [0.05, 0.1) is 10.0 Å². The first-order valence-electron chi connectivity index (χ1n) is 3.45. The molecule has 0 spiro atoms. The molecular weight excluding hydrogens is 263 g/mol. The summed E-state index contributed by atoms with van der Waals surface area (Å²) in [6.45, 7) is 4.00. The summed E-state index contributed by atoms with van der Waals surface area (Å²) in [5.41, 5.74) is 0. The molecule has 1 nitrogen and oxygen atoms in total. The van der Waals surface area contributed by atoms with Crippen LogP contribution in [-0.4, -0.2) is 5.11 Å². The Bertz CT molecular complexity index is 213. The fraction of sp³-hybridized carbons (Fsp3) is 0.250. The summed E-state index contributed by atoms with van der Waals surface area (Å²) in [4.78, 5) is 0. The van der Waals surface area contributed by atoms with E-state index >= 15 is 0 Å². The number of rotatable bonds is 0. The van der Waals surface area contributed by atoms with Gasteiger partial charge in [0.1, 0.15) is 5.75 Å². The topological polar surface area (TPSA) is 20.2 Å². The number of hydrogen-bond acceptors (Lipinski definition) is 1. The van der Waals surface area contributed by atoms with Crippen LogP contribution in [0.3, 0.4) is 0 Å². The zero-order valence-electron chi connectivity index (χ0n) is 6.74. The first-order valence-corrected chi connectivity index (χ1v) is 4.99. The minimum atomic E-state index is -0.00475. The van der Waals surface area contributed by atoms with Gasteiger partial charge in [0.25, 0.3) is 0 Å². The molecule has 1 aromatic rings. The molecule has 1 N–H and O–H groups in total. The minimum Gasteiger partial charge on any atom is -0.506 e. The van der Waals surface area contributed by atoms with Crippen LogP contribution in [0.15, 0.2) is 16.6 Å². The highest BCUT2D eigenvalue weighted by atomic mass is 79.9. The molecule has 0 fully saturated rings. The van der Waals surface area contributed by atoms with Crippen molar-refractivity contribution in [2.75, 3.05) is 0 Å². The molecule has 0 saturated heterocycles. The normalized spacial score (nSPS) is 8.75. The van der Waals surface area contributed by atoms with E-state index in [1.54, 1.807) is 6.07 Å². The lowest BCUT2D eigenvalue weighted by Gasteiger charge is -1.98. The Kier molecular flexibility index (Phi) is 5.72. The van der Waals surface area contributed by atoms with Crippen molar-refractivity contribution in [3.05, 3.63) is 26.7 Å². The van der Waals surface area contributed by atoms with Gasteiger partial charge in [0.15, 0.2) is 0 Å². The predicted molar refractivity (Wildman–Crippen MR) is 57.2 cm³/mol. The molecule has 0 bridgehead atoms. The van der Waals surface area contributed by atoms with Crippen molar-refractivity contribution in [1.29, 1.82) is 0 Å². The lowest BCUT2D eigenvalue weighted by Crippen LogP contribution is -1.71. The first-order chi connectivity index (χ1) is 5.61. The molecule has 0 aromatic heterocycles.